The van der Waals surface area contributed by atoms with Gasteiger partial charge in [-0.2, -0.15) is 0 Å². The average molecular weight is 341 g/mol. The van der Waals surface area contributed by atoms with Gasteiger partial charge in [-0.25, -0.2) is 0 Å². The van der Waals surface area contributed by atoms with Crippen LogP contribution in [0.5, 0.6) is 5.75 Å². The number of rotatable bonds is 4. The Balaban J connectivity index is 1.82. The molecule has 1 amide bonds. The fraction of sp³-hybridized carbons (Fsp3) is 0.533. The van der Waals surface area contributed by atoms with E-state index in [1.807, 2.05) is 0 Å². The zero-order chi connectivity index (χ0) is 14.5. The van der Waals surface area contributed by atoms with E-state index in [-0.39, 0.29) is 11.7 Å². The predicted octanol–water partition coefficient (Wildman–Crippen LogP) is 2.62. The first-order valence-corrected chi connectivity index (χ1v) is 7.88. The van der Waals surface area contributed by atoms with Crippen LogP contribution in [0.2, 0.25) is 0 Å². The van der Waals surface area contributed by atoms with E-state index in [0.29, 0.717) is 22.5 Å². The SMILES string of the molecule is CCN1CCC(CNC(=O)c2ccc(Br)c(O)c2)CC1. The minimum Gasteiger partial charge on any atom is -0.507 e. The summed E-state index contributed by atoms with van der Waals surface area (Å²) in [6, 6.07) is 4.88. The third-order valence-electron chi connectivity index (χ3n) is 3.91. The molecule has 0 aliphatic carbocycles. The molecule has 4 nitrogen and oxygen atoms in total. The first kappa shape index (κ1) is 15.3. The lowest BCUT2D eigenvalue weighted by atomic mass is 9.97. The van der Waals surface area contributed by atoms with Gasteiger partial charge in [-0.05, 0) is 72.5 Å². The molecule has 1 aromatic carbocycles. The largest absolute Gasteiger partial charge is 0.507 e. The Bertz CT molecular complexity index is 471. The molecule has 1 aliphatic rings. The van der Waals surface area contributed by atoms with Gasteiger partial charge in [-0.3, -0.25) is 4.79 Å². The molecule has 1 saturated heterocycles. The zero-order valence-corrected chi connectivity index (χ0v) is 13.3. The number of carbonyl (C=O) groups is 1. The van der Waals surface area contributed by atoms with Crippen molar-refractivity contribution in [2.45, 2.75) is 19.8 Å². The van der Waals surface area contributed by atoms with E-state index in [4.69, 9.17) is 0 Å². The number of piperidine rings is 1. The second kappa shape index (κ2) is 7.09. The quantitative estimate of drug-likeness (QED) is 0.885. The van der Waals surface area contributed by atoms with Gasteiger partial charge in [0.25, 0.3) is 5.91 Å². The molecule has 0 bridgehead atoms. The van der Waals surface area contributed by atoms with Crippen LogP contribution in [0.15, 0.2) is 22.7 Å². The lowest BCUT2D eigenvalue weighted by molar-refractivity contribution is 0.0936. The van der Waals surface area contributed by atoms with Gasteiger partial charge < -0.3 is 15.3 Å². The van der Waals surface area contributed by atoms with Gasteiger partial charge in [-0.15, -0.1) is 0 Å². The van der Waals surface area contributed by atoms with Gasteiger partial charge in [0.1, 0.15) is 5.75 Å². The third kappa shape index (κ3) is 3.96. The van der Waals surface area contributed by atoms with Crippen molar-refractivity contribution in [2.75, 3.05) is 26.2 Å². The third-order valence-corrected chi connectivity index (χ3v) is 4.58. The molecule has 2 rings (SSSR count). The van der Waals surface area contributed by atoms with E-state index in [1.165, 1.54) is 6.07 Å². The zero-order valence-electron chi connectivity index (χ0n) is 11.7. The number of halogens is 1. The van der Waals surface area contributed by atoms with Crippen molar-refractivity contribution in [3.05, 3.63) is 28.2 Å². The molecule has 0 spiro atoms. The molecule has 1 fully saturated rings. The molecule has 1 aromatic rings. The summed E-state index contributed by atoms with van der Waals surface area (Å²) >= 11 is 3.21. The standard InChI is InChI=1S/C15H21BrN2O2/c1-2-18-7-5-11(6-8-18)10-17-15(20)12-3-4-13(16)14(19)9-12/h3-4,9,11,19H,2,5-8,10H2,1H3,(H,17,20). The monoisotopic (exact) mass is 340 g/mol. The number of phenolic OH excluding ortho intramolecular Hbond substituents is 1. The summed E-state index contributed by atoms with van der Waals surface area (Å²) in [5.41, 5.74) is 0.497. The number of nitrogens with one attached hydrogen (secondary N) is 1. The van der Waals surface area contributed by atoms with E-state index < -0.39 is 0 Å². The van der Waals surface area contributed by atoms with Gasteiger partial charge in [0.05, 0.1) is 4.47 Å². The van der Waals surface area contributed by atoms with Crippen LogP contribution in [0.1, 0.15) is 30.1 Å². The van der Waals surface area contributed by atoms with Crippen molar-refractivity contribution in [1.82, 2.24) is 10.2 Å². The summed E-state index contributed by atoms with van der Waals surface area (Å²) in [7, 11) is 0. The van der Waals surface area contributed by atoms with Crippen LogP contribution in [0.25, 0.3) is 0 Å². The molecule has 5 heteroatoms. The summed E-state index contributed by atoms with van der Waals surface area (Å²) in [5.74, 6) is 0.533. The molecule has 1 aliphatic heterocycles. The lowest BCUT2D eigenvalue weighted by Gasteiger charge is -2.31. The molecule has 0 saturated carbocycles. The Morgan fingerprint density at radius 3 is 2.75 bits per heavy atom. The minimum absolute atomic E-state index is 0.0916. The van der Waals surface area contributed by atoms with Crippen LogP contribution < -0.4 is 5.32 Å². The smallest absolute Gasteiger partial charge is 0.251 e. The number of hydrogen-bond acceptors (Lipinski definition) is 3. The number of phenols is 1. The number of carbonyl (C=O) groups excluding carboxylic acids is 1. The van der Waals surface area contributed by atoms with Crippen molar-refractivity contribution in [2.24, 2.45) is 5.92 Å². The van der Waals surface area contributed by atoms with E-state index >= 15 is 0 Å². The highest BCUT2D eigenvalue weighted by atomic mass is 79.9. The van der Waals surface area contributed by atoms with E-state index in [0.717, 1.165) is 32.5 Å². The molecule has 0 aromatic heterocycles. The van der Waals surface area contributed by atoms with E-state index in [1.54, 1.807) is 12.1 Å². The number of likely N-dealkylation sites (tertiary alicyclic amines) is 1. The molecule has 2 N–H and O–H groups in total. The Hall–Kier alpha value is -1.07. The Morgan fingerprint density at radius 1 is 1.45 bits per heavy atom. The second-order valence-corrected chi connectivity index (χ2v) is 6.11. The summed E-state index contributed by atoms with van der Waals surface area (Å²) in [6.45, 7) is 6.25. The minimum atomic E-state index is -0.120. The number of amides is 1. The molecule has 20 heavy (non-hydrogen) atoms. The Labute approximate surface area is 128 Å². The van der Waals surface area contributed by atoms with Gasteiger partial charge in [0.15, 0.2) is 0 Å². The van der Waals surface area contributed by atoms with Gasteiger partial charge >= 0.3 is 0 Å². The maximum atomic E-state index is 12.0. The van der Waals surface area contributed by atoms with Crippen LogP contribution in [-0.4, -0.2) is 42.1 Å². The summed E-state index contributed by atoms with van der Waals surface area (Å²) < 4.78 is 0.598. The van der Waals surface area contributed by atoms with Crippen LogP contribution in [0.4, 0.5) is 0 Å². The molecular weight excluding hydrogens is 320 g/mol. The first-order valence-electron chi connectivity index (χ1n) is 7.09. The number of aromatic hydroxyl groups is 1. The van der Waals surface area contributed by atoms with Gasteiger partial charge in [-0.1, -0.05) is 6.92 Å². The molecular formula is C15H21BrN2O2. The van der Waals surface area contributed by atoms with Crippen molar-refractivity contribution >= 4 is 21.8 Å². The van der Waals surface area contributed by atoms with Crippen LogP contribution >= 0.6 is 15.9 Å². The van der Waals surface area contributed by atoms with Crippen molar-refractivity contribution < 1.29 is 9.90 Å². The highest BCUT2D eigenvalue weighted by molar-refractivity contribution is 9.10. The van der Waals surface area contributed by atoms with Crippen molar-refractivity contribution in [3.8, 4) is 5.75 Å². The fourth-order valence-corrected chi connectivity index (χ4v) is 2.75. The van der Waals surface area contributed by atoms with Crippen LogP contribution in [0.3, 0.4) is 0 Å². The summed E-state index contributed by atoms with van der Waals surface area (Å²) in [5, 5.41) is 12.6. The Kier molecular flexibility index (Phi) is 5.43. The van der Waals surface area contributed by atoms with Gasteiger partial charge in [0.2, 0.25) is 0 Å². The second-order valence-electron chi connectivity index (χ2n) is 5.25. The highest BCUT2D eigenvalue weighted by Crippen LogP contribution is 2.24. The summed E-state index contributed by atoms with van der Waals surface area (Å²) in [6.07, 6.45) is 2.28. The van der Waals surface area contributed by atoms with Gasteiger partial charge in [0, 0.05) is 12.1 Å². The number of nitrogens with zero attached hydrogens (tertiary/aromatic N) is 1. The topological polar surface area (TPSA) is 52.6 Å². The normalized spacial score (nSPS) is 17.1. The number of hydrogen-bond donors (Lipinski definition) is 2. The number of benzene rings is 1. The van der Waals surface area contributed by atoms with Crippen LogP contribution in [0, 0.1) is 5.92 Å². The van der Waals surface area contributed by atoms with Crippen LogP contribution in [-0.2, 0) is 0 Å². The molecule has 0 unspecified atom stereocenters. The first-order chi connectivity index (χ1) is 9.60. The fourth-order valence-electron chi connectivity index (χ4n) is 2.50. The van der Waals surface area contributed by atoms with Crippen molar-refractivity contribution in [3.63, 3.8) is 0 Å². The summed E-state index contributed by atoms with van der Waals surface area (Å²) in [4.78, 5) is 14.5. The molecule has 110 valence electrons. The predicted molar refractivity (Wildman–Crippen MR) is 83.0 cm³/mol. The molecule has 0 radical (unpaired) electrons. The van der Waals surface area contributed by atoms with E-state index in [9.17, 15) is 9.90 Å². The lowest BCUT2D eigenvalue weighted by Crippen LogP contribution is -2.38. The van der Waals surface area contributed by atoms with Crippen molar-refractivity contribution in [1.29, 1.82) is 0 Å². The maximum absolute atomic E-state index is 12.0. The molecule has 1 heterocycles. The maximum Gasteiger partial charge on any atom is 0.251 e. The highest BCUT2D eigenvalue weighted by Gasteiger charge is 2.18. The average Bonchev–Trinajstić information content (AvgIpc) is 2.48. The molecule has 0 atom stereocenters. The van der Waals surface area contributed by atoms with E-state index in [2.05, 4.69) is 33.1 Å². The Morgan fingerprint density at radius 2 is 2.15 bits per heavy atom.